The Kier molecular flexibility index (Phi) is 7.26. The lowest BCUT2D eigenvalue weighted by Gasteiger charge is -2.33. The number of carbonyl (C=O) groups is 2. The number of nitrogens with zero attached hydrogens (tertiary/aromatic N) is 3. The molecule has 0 unspecified atom stereocenters. The molecular formula is C22H26ClF3N4O3. The van der Waals surface area contributed by atoms with Crippen LogP contribution in [-0.4, -0.2) is 51.7 Å². The molecule has 3 heterocycles. The smallest absolute Gasteiger partial charge is 0.417 e. The molecule has 180 valence electrons. The van der Waals surface area contributed by atoms with Crippen LogP contribution in [0.4, 0.5) is 18.0 Å². The molecule has 0 aromatic carbocycles. The van der Waals surface area contributed by atoms with Crippen LogP contribution in [0.25, 0.3) is 5.82 Å². The zero-order chi connectivity index (χ0) is 24.4. The van der Waals surface area contributed by atoms with Gasteiger partial charge in [0.1, 0.15) is 11.3 Å². The molecule has 7 nitrogen and oxygen atoms in total. The van der Waals surface area contributed by atoms with Crippen molar-refractivity contribution in [2.24, 2.45) is 5.92 Å². The fourth-order valence-electron chi connectivity index (χ4n) is 3.49. The van der Waals surface area contributed by atoms with E-state index < -0.39 is 23.2 Å². The molecule has 11 heteroatoms. The van der Waals surface area contributed by atoms with Gasteiger partial charge in [0, 0.05) is 32.0 Å². The number of nitrogens with one attached hydrogen (secondary N) is 1. The SMILES string of the molecule is CC(C)(C)OC(=O)N1CCC(CNC(=O)c2cccn2-c2ncc(C(F)(F)F)cc2Cl)CC1. The van der Waals surface area contributed by atoms with Crippen molar-refractivity contribution < 1.29 is 27.5 Å². The van der Waals surface area contributed by atoms with E-state index in [1.54, 1.807) is 11.0 Å². The molecule has 1 aliphatic heterocycles. The molecule has 2 amide bonds. The Morgan fingerprint density at radius 2 is 1.91 bits per heavy atom. The number of carbonyl (C=O) groups excluding carboxylic acids is 2. The highest BCUT2D eigenvalue weighted by Crippen LogP contribution is 2.32. The minimum absolute atomic E-state index is 0.0329. The highest BCUT2D eigenvalue weighted by atomic mass is 35.5. The van der Waals surface area contributed by atoms with Gasteiger partial charge in [0.05, 0.1) is 10.6 Å². The van der Waals surface area contributed by atoms with Gasteiger partial charge >= 0.3 is 12.3 Å². The number of aromatic nitrogens is 2. The number of hydrogen-bond acceptors (Lipinski definition) is 4. The number of ether oxygens (including phenoxy) is 1. The van der Waals surface area contributed by atoms with Crippen molar-refractivity contribution in [2.75, 3.05) is 19.6 Å². The minimum atomic E-state index is -4.56. The monoisotopic (exact) mass is 486 g/mol. The Balaban J connectivity index is 1.58. The van der Waals surface area contributed by atoms with Crippen molar-refractivity contribution in [1.29, 1.82) is 0 Å². The average molecular weight is 487 g/mol. The third-order valence-electron chi connectivity index (χ3n) is 5.18. The lowest BCUT2D eigenvalue weighted by Crippen LogP contribution is -2.43. The number of piperidine rings is 1. The molecule has 0 spiro atoms. The molecule has 3 rings (SSSR count). The van der Waals surface area contributed by atoms with Gasteiger partial charge in [-0.2, -0.15) is 13.2 Å². The van der Waals surface area contributed by atoms with Gasteiger partial charge in [-0.1, -0.05) is 11.6 Å². The van der Waals surface area contributed by atoms with Crippen LogP contribution in [0.5, 0.6) is 0 Å². The molecule has 2 aromatic heterocycles. The van der Waals surface area contributed by atoms with E-state index in [9.17, 15) is 22.8 Å². The van der Waals surface area contributed by atoms with Crippen LogP contribution in [-0.2, 0) is 10.9 Å². The van der Waals surface area contributed by atoms with Gasteiger partial charge in [0.15, 0.2) is 5.82 Å². The summed E-state index contributed by atoms with van der Waals surface area (Å²) in [7, 11) is 0. The summed E-state index contributed by atoms with van der Waals surface area (Å²) in [6.45, 7) is 6.93. The Morgan fingerprint density at radius 3 is 2.48 bits per heavy atom. The molecule has 0 aliphatic carbocycles. The summed E-state index contributed by atoms with van der Waals surface area (Å²) < 4.78 is 45.3. The van der Waals surface area contributed by atoms with Gasteiger partial charge in [-0.15, -0.1) is 0 Å². The van der Waals surface area contributed by atoms with Gasteiger partial charge in [-0.25, -0.2) is 9.78 Å². The predicted octanol–water partition coefficient (Wildman–Crippen LogP) is 4.92. The summed E-state index contributed by atoms with van der Waals surface area (Å²) in [6.07, 6.45) is -1.29. The van der Waals surface area contributed by atoms with E-state index in [2.05, 4.69) is 10.3 Å². The maximum absolute atomic E-state index is 12.9. The molecule has 0 saturated carbocycles. The summed E-state index contributed by atoms with van der Waals surface area (Å²) >= 11 is 6.02. The summed E-state index contributed by atoms with van der Waals surface area (Å²) in [5.41, 5.74) is -1.32. The first-order valence-corrected chi connectivity index (χ1v) is 10.9. The molecule has 0 atom stereocenters. The van der Waals surface area contributed by atoms with Crippen molar-refractivity contribution in [2.45, 2.75) is 45.4 Å². The van der Waals surface area contributed by atoms with Crippen LogP contribution in [0.3, 0.4) is 0 Å². The third kappa shape index (κ3) is 6.40. The number of hydrogen-bond donors (Lipinski definition) is 1. The van der Waals surface area contributed by atoms with Crippen LogP contribution in [0.2, 0.25) is 5.02 Å². The fraction of sp³-hybridized carbons (Fsp3) is 0.500. The first-order chi connectivity index (χ1) is 15.3. The highest BCUT2D eigenvalue weighted by Gasteiger charge is 2.32. The normalized spacial score (nSPS) is 15.4. The number of rotatable bonds is 4. The minimum Gasteiger partial charge on any atom is -0.444 e. The Hall–Kier alpha value is -2.75. The molecule has 0 radical (unpaired) electrons. The van der Waals surface area contributed by atoms with E-state index in [0.717, 1.165) is 6.07 Å². The molecule has 1 N–H and O–H groups in total. The molecular weight excluding hydrogens is 461 g/mol. The zero-order valence-electron chi connectivity index (χ0n) is 18.6. The molecule has 2 aromatic rings. The first kappa shape index (κ1) is 24.9. The molecule has 0 bridgehead atoms. The number of halogens is 4. The van der Waals surface area contributed by atoms with E-state index in [1.165, 1.54) is 16.8 Å². The largest absolute Gasteiger partial charge is 0.444 e. The number of likely N-dealkylation sites (tertiary alicyclic amines) is 1. The maximum atomic E-state index is 12.9. The zero-order valence-corrected chi connectivity index (χ0v) is 19.3. The van der Waals surface area contributed by atoms with Gasteiger partial charge in [0.2, 0.25) is 0 Å². The van der Waals surface area contributed by atoms with Crippen molar-refractivity contribution >= 4 is 23.6 Å². The molecule has 1 saturated heterocycles. The van der Waals surface area contributed by atoms with Crippen LogP contribution >= 0.6 is 11.6 Å². The topological polar surface area (TPSA) is 76.5 Å². The van der Waals surface area contributed by atoms with E-state index in [0.29, 0.717) is 38.7 Å². The predicted molar refractivity (Wildman–Crippen MR) is 116 cm³/mol. The summed E-state index contributed by atoms with van der Waals surface area (Å²) in [6, 6.07) is 3.91. The van der Waals surface area contributed by atoms with Gasteiger partial charge in [-0.05, 0) is 57.7 Å². The van der Waals surface area contributed by atoms with Crippen molar-refractivity contribution in [1.82, 2.24) is 19.8 Å². The number of pyridine rings is 1. The summed E-state index contributed by atoms with van der Waals surface area (Å²) in [5, 5.41) is 2.64. The van der Waals surface area contributed by atoms with Gasteiger partial charge in [-0.3, -0.25) is 9.36 Å². The van der Waals surface area contributed by atoms with E-state index in [1.807, 2.05) is 20.8 Å². The van der Waals surface area contributed by atoms with E-state index in [-0.39, 0.29) is 28.5 Å². The number of alkyl halides is 3. The van der Waals surface area contributed by atoms with Crippen LogP contribution < -0.4 is 5.32 Å². The fourth-order valence-corrected chi connectivity index (χ4v) is 3.74. The second kappa shape index (κ2) is 9.62. The second-order valence-electron chi connectivity index (χ2n) is 8.91. The van der Waals surface area contributed by atoms with Crippen LogP contribution in [0.1, 0.15) is 49.7 Å². The van der Waals surface area contributed by atoms with E-state index >= 15 is 0 Å². The van der Waals surface area contributed by atoms with Crippen LogP contribution in [0, 0.1) is 5.92 Å². The Bertz CT molecular complexity index is 1010. The standard InChI is InChI=1S/C22H26ClF3N4O3/c1-21(2,3)33-20(32)29-9-6-14(7-10-29)12-28-19(31)17-5-4-8-30(17)18-16(23)11-15(13-27-18)22(24,25)26/h4-5,8,11,13-14H,6-7,9-10,12H2,1-3H3,(H,28,31). The summed E-state index contributed by atoms with van der Waals surface area (Å²) in [5.74, 6) is -0.179. The second-order valence-corrected chi connectivity index (χ2v) is 9.32. The third-order valence-corrected chi connectivity index (χ3v) is 5.45. The molecule has 1 aliphatic rings. The van der Waals surface area contributed by atoms with Gasteiger partial charge < -0.3 is 15.0 Å². The van der Waals surface area contributed by atoms with Crippen LogP contribution in [0.15, 0.2) is 30.6 Å². The lowest BCUT2D eigenvalue weighted by atomic mass is 9.97. The average Bonchev–Trinajstić information content (AvgIpc) is 3.20. The molecule has 33 heavy (non-hydrogen) atoms. The van der Waals surface area contributed by atoms with E-state index in [4.69, 9.17) is 16.3 Å². The highest BCUT2D eigenvalue weighted by molar-refractivity contribution is 6.32. The Labute approximate surface area is 194 Å². The molecule has 1 fully saturated rings. The first-order valence-electron chi connectivity index (χ1n) is 10.5. The summed E-state index contributed by atoms with van der Waals surface area (Å²) in [4.78, 5) is 30.4. The maximum Gasteiger partial charge on any atom is 0.417 e. The van der Waals surface area contributed by atoms with Gasteiger partial charge in [0.25, 0.3) is 5.91 Å². The quantitative estimate of drug-likeness (QED) is 0.665. The Morgan fingerprint density at radius 1 is 1.24 bits per heavy atom. The number of amides is 2. The van der Waals surface area contributed by atoms with Crippen molar-refractivity contribution in [3.05, 3.63) is 46.9 Å². The lowest BCUT2D eigenvalue weighted by molar-refractivity contribution is -0.137. The van der Waals surface area contributed by atoms with Crippen molar-refractivity contribution in [3.63, 3.8) is 0 Å². The van der Waals surface area contributed by atoms with Crippen molar-refractivity contribution in [3.8, 4) is 5.82 Å².